The highest BCUT2D eigenvalue weighted by atomic mass is 16.5. The summed E-state index contributed by atoms with van der Waals surface area (Å²) in [6.45, 7) is 2.15. The highest BCUT2D eigenvalue weighted by Crippen LogP contribution is 2.38. The molecule has 0 unspecified atom stereocenters. The van der Waals surface area contributed by atoms with Gasteiger partial charge in [0.05, 0.1) is 19.2 Å². The third-order valence-electron chi connectivity index (χ3n) is 4.67. The summed E-state index contributed by atoms with van der Waals surface area (Å²) in [6, 6.07) is 17.0. The molecule has 0 saturated carbocycles. The number of aromatic nitrogens is 3. The van der Waals surface area contributed by atoms with E-state index in [4.69, 9.17) is 4.74 Å². The molecule has 0 radical (unpaired) electrons. The molecule has 1 aliphatic heterocycles. The summed E-state index contributed by atoms with van der Waals surface area (Å²) in [7, 11) is 1.69. The molecule has 1 N–H and O–H groups in total. The fraction of sp³-hybridized carbons (Fsp3) is 0.263. The van der Waals surface area contributed by atoms with Crippen LogP contribution in [0, 0.1) is 6.92 Å². The van der Waals surface area contributed by atoms with Crippen molar-refractivity contribution >= 4 is 5.95 Å². The molecule has 0 saturated heterocycles. The monoisotopic (exact) mass is 320 g/mol. The highest BCUT2D eigenvalue weighted by Gasteiger charge is 2.30. The average molecular weight is 320 g/mol. The van der Waals surface area contributed by atoms with Crippen LogP contribution in [-0.4, -0.2) is 21.9 Å². The summed E-state index contributed by atoms with van der Waals surface area (Å²) in [5.74, 6) is 1.68. The maximum Gasteiger partial charge on any atom is 0.222 e. The first-order valence-electron chi connectivity index (χ1n) is 8.12. The minimum atomic E-state index is 0.168. The third kappa shape index (κ3) is 2.52. The smallest absolute Gasteiger partial charge is 0.222 e. The lowest BCUT2D eigenvalue weighted by Gasteiger charge is -2.32. The van der Waals surface area contributed by atoms with Gasteiger partial charge >= 0.3 is 0 Å². The molecule has 122 valence electrons. The van der Waals surface area contributed by atoms with Gasteiger partial charge in [-0.25, -0.2) is 4.68 Å². The zero-order valence-corrected chi connectivity index (χ0v) is 13.8. The molecule has 0 fully saturated rings. The van der Waals surface area contributed by atoms with Gasteiger partial charge in [0.15, 0.2) is 0 Å². The van der Waals surface area contributed by atoms with Crippen LogP contribution in [0.5, 0.6) is 5.75 Å². The topological polar surface area (TPSA) is 52.0 Å². The highest BCUT2D eigenvalue weighted by molar-refractivity contribution is 5.41. The molecule has 5 nitrogen and oxygen atoms in total. The number of benzene rings is 2. The Balaban J connectivity index is 1.75. The molecule has 4 rings (SSSR count). The number of ether oxygens (including phenoxy) is 1. The van der Waals surface area contributed by atoms with E-state index in [2.05, 4.69) is 58.7 Å². The second-order valence-electron chi connectivity index (χ2n) is 6.11. The first-order valence-corrected chi connectivity index (χ1v) is 8.12. The molecule has 3 aromatic rings. The van der Waals surface area contributed by atoms with Crippen molar-refractivity contribution < 1.29 is 4.74 Å². The summed E-state index contributed by atoms with van der Waals surface area (Å²) >= 11 is 0. The van der Waals surface area contributed by atoms with Gasteiger partial charge in [0, 0.05) is 0 Å². The summed E-state index contributed by atoms with van der Waals surface area (Å²) in [4.78, 5) is 4.39. The molecule has 0 spiro atoms. The number of hydrogen-bond donors (Lipinski definition) is 1. The predicted molar refractivity (Wildman–Crippen MR) is 93.3 cm³/mol. The van der Waals surface area contributed by atoms with E-state index < -0.39 is 0 Å². The van der Waals surface area contributed by atoms with Gasteiger partial charge in [-0.1, -0.05) is 36.4 Å². The molecule has 5 heteroatoms. The van der Waals surface area contributed by atoms with Crippen LogP contribution in [0.2, 0.25) is 0 Å². The Morgan fingerprint density at radius 3 is 2.88 bits per heavy atom. The van der Waals surface area contributed by atoms with Crippen LogP contribution < -0.4 is 10.1 Å². The van der Waals surface area contributed by atoms with Gasteiger partial charge in [-0.05, 0) is 42.2 Å². The summed E-state index contributed by atoms with van der Waals surface area (Å²) in [6.07, 6.45) is 2.52. The normalized spacial score (nSPS) is 19.4. The lowest BCUT2D eigenvalue weighted by molar-refractivity contribution is 0.409. The average Bonchev–Trinajstić information content (AvgIpc) is 3.10. The van der Waals surface area contributed by atoms with E-state index in [9.17, 15) is 0 Å². The third-order valence-corrected chi connectivity index (χ3v) is 4.67. The van der Waals surface area contributed by atoms with Crippen molar-refractivity contribution in [1.29, 1.82) is 0 Å². The van der Waals surface area contributed by atoms with Gasteiger partial charge in [-0.15, -0.1) is 0 Å². The van der Waals surface area contributed by atoms with E-state index in [1.165, 1.54) is 16.7 Å². The fourth-order valence-corrected chi connectivity index (χ4v) is 3.42. The van der Waals surface area contributed by atoms with Gasteiger partial charge in [0.1, 0.15) is 12.1 Å². The number of hydrogen-bond acceptors (Lipinski definition) is 4. The molecule has 2 atom stereocenters. The van der Waals surface area contributed by atoms with Gasteiger partial charge in [-0.3, -0.25) is 0 Å². The molecule has 24 heavy (non-hydrogen) atoms. The van der Waals surface area contributed by atoms with Crippen LogP contribution in [-0.2, 0) is 0 Å². The van der Waals surface area contributed by atoms with Crippen molar-refractivity contribution in [2.24, 2.45) is 0 Å². The molecular formula is C19H20N4O. The van der Waals surface area contributed by atoms with Crippen LogP contribution in [0.1, 0.15) is 35.2 Å². The van der Waals surface area contributed by atoms with Crippen LogP contribution in [0.3, 0.4) is 0 Å². The number of nitrogens with one attached hydrogen (secondary N) is 1. The minimum absolute atomic E-state index is 0.168. The van der Waals surface area contributed by atoms with Crippen molar-refractivity contribution in [3.8, 4) is 5.75 Å². The van der Waals surface area contributed by atoms with E-state index in [-0.39, 0.29) is 12.1 Å². The van der Waals surface area contributed by atoms with Crippen LogP contribution in [0.25, 0.3) is 0 Å². The first kappa shape index (κ1) is 14.8. The summed E-state index contributed by atoms with van der Waals surface area (Å²) in [5, 5.41) is 7.93. The first-order chi connectivity index (χ1) is 11.8. The number of fused-ring (bicyclic) bond motifs is 1. The van der Waals surface area contributed by atoms with E-state index in [0.29, 0.717) is 0 Å². The molecule has 1 aromatic heterocycles. The number of aryl methyl sites for hydroxylation is 1. The SMILES string of the molecule is COc1cccc([C@H]2C[C@@H](c3ccccc3C)n3ncnc3N2)c1. The van der Waals surface area contributed by atoms with Crippen molar-refractivity contribution in [1.82, 2.24) is 14.8 Å². The van der Waals surface area contributed by atoms with E-state index in [1.54, 1.807) is 13.4 Å². The Kier molecular flexibility index (Phi) is 3.69. The van der Waals surface area contributed by atoms with Gasteiger partial charge in [0.25, 0.3) is 0 Å². The Labute approximate surface area is 141 Å². The molecule has 0 amide bonds. The van der Waals surface area contributed by atoms with Gasteiger partial charge in [-0.2, -0.15) is 10.1 Å². The van der Waals surface area contributed by atoms with Crippen molar-refractivity contribution in [2.75, 3.05) is 12.4 Å². The van der Waals surface area contributed by atoms with E-state index in [0.717, 1.165) is 18.1 Å². The maximum absolute atomic E-state index is 5.37. The second kappa shape index (κ2) is 6.00. The second-order valence-corrected chi connectivity index (χ2v) is 6.11. The Morgan fingerprint density at radius 1 is 1.17 bits per heavy atom. The number of anilines is 1. The van der Waals surface area contributed by atoms with Gasteiger partial charge in [0.2, 0.25) is 5.95 Å². The fourth-order valence-electron chi connectivity index (χ4n) is 3.42. The zero-order valence-electron chi connectivity index (χ0n) is 13.8. The van der Waals surface area contributed by atoms with Crippen molar-refractivity contribution in [3.05, 3.63) is 71.5 Å². The van der Waals surface area contributed by atoms with Gasteiger partial charge < -0.3 is 10.1 Å². The Morgan fingerprint density at radius 2 is 2.04 bits per heavy atom. The molecule has 2 heterocycles. The molecular weight excluding hydrogens is 300 g/mol. The summed E-state index contributed by atoms with van der Waals surface area (Å²) < 4.78 is 7.35. The van der Waals surface area contributed by atoms with Crippen molar-refractivity contribution in [2.45, 2.75) is 25.4 Å². The largest absolute Gasteiger partial charge is 0.497 e. The van der Waals surface area contributed by atoms with Crippen LogP contribution in [0.15, 0.2) is 54.9 Å². The summed E-state index contributed by atoms with van der Waals surface area (Å²) in [5.41, 5.74) is 3.76. The Bertz CT molecular complexity index is 858. The predicted octanol–water partition coefficient (Wildman–Crippen LogP) is 3.74. The molecule has 0 aliphatic carbocycles. The standard InChI is InChI=1S/C19H20N4O/c1-13-6-3-4-9-16(13)18-11-17(22-19-20-12-21-23(18)19)14-7-5-8-15(10-14)24-2/h3-10,12,17-18H,11H2,1-2H3,(H,20,21,22)/t17-,18+/m1/s1. The quantitative estimate of drug-likeness (QED) is 0.799. The number of rotatable bonds is 3. The number of methoxy groups -OCH3 is 1. The zero-order chi connectivity index (χ0) is 16.5. The molecule has 0 bridgehead atoms. The number of nitrogens with zero attached hydrogens (tertiary/aromatic N) is 3. The van der Waals surface area contributed by atoms with Crippen LogP contribution in [0.4, 0.5) is 5.95 Å². The Hall–Kier alpha value is -2.82. The maximum atomic E-state index is 5.37. The molecule has 1 aliphatic rings. The minimum Gasteiger partial charge on any atom is -0.497 e. The van der Waals surface area contributed by atoms with E-state index >= 15 is 0 Å². The lowest BCUT2D eigenvalue weighted by Crippen LogP contribution is -2.28. The lowest BCUT2D eigenvalue weighted by atomic mass is 9.91. The van der Waals surface area contributed by atoms with E-state index in [1.807, 2.05) is 16.8 Å². The van der Waals surface area contributed by atoms with Crippen molar-refractivity contribution in [3.63, 3.8) is 0 Å². The van der Waals surface area contributed by atoms with Crippen LogP contribution >= 0.6 is 0 Å². The molecule has 2 aromatic carbocycles.